The largest absolute Gasteiger partial charge is 0.417 e. The van der Waals surface area contributed by atoms with Gasteiger partial charge in [-0.25, -0.2) is 4.90 Å². The number of rotatable bonds is 6. The third-order valence-electron chi connectivity index (χ3n) is 7.85. The first-order chi connectivity index (χ1) is 19.2. The molecule has 3 amide bonds. The second kappa shape index (κ2) is 9.64. The fourth-order valence-electron chi connectivity index (χ4n) is 6.33. The number of hydrogen-bond acceptors (Lipinski definition) is 8. The van der Waals surface area contributed by atoms with Crippen LogP contribution in [0.3, 0.4) is 0 Å². The lowest BCUT2D eigenvalue weighted by atomic mass is 9.79. The number of nitro groups is 1. The molecule has 41 heavy (non-hydrogen) atoms. The van der Waals surface area contributed by atoms with Crippen LogP contribution in [0.4, 0.5) is 24.5 Å². The number of likely N-dealkylation sites (tertiary alicyclic amines) is 1. The second-order valence-electron chi connectivity index (χ2n) is 10.9. The number of nitrogens with zero attached hydrogens (tertiary/aromatic N) is 4. The fourth-order valence-corrected chi connectivity index (χ4v) is 6.33. The highest BCUT2D eigenvalue weighted by Gasteiger charge is 2.71. The van der Waals surface area contributed by atoms with Gasteiger partial charge in [0, 0.05) is 31.8 Å². The first kappa shape index (κ1) is 28.2. The molecule has 0 radical (unpaired) electrons. The number of non-ortho nitro benzene ring substituents is 1. The van der Waals surface area contributed by atoms with Crippen molar-refractivity contribution >= 4 is 29.1 Å². The first-order valence-corrected chi connectivity index (χ1v) is 12.6. The monoisotopic (exact) mass is 571 g/mol. The first-order valence-electron chi connectivity index (χ1n) is 12.6. The molecule has 0 aromatic heterocycles. The summed E-state index contributed by atoms with van der Waals surface area (Å²) in [6.45, 7) is 3.58. The van der Waals surface area contributed by atoms with Crippen molar-refractivity contribution in [2.45, 2.75) is 37.8 Å². The molecule has 3 aliphatic heterocycles. The minimum Gasteiger partial charge on any atom is -0.365 e. The van der Waals surface area contributed by atoms with E-state index in [1.807, 2.05) is 0 Å². The number of nitro benzene ring substituents is 1. The average Bonchev–Trinajstić information content (AvgIpc) is 3.26. The summed E-state index contributed by atoms with van der Waals surface area (Å²) in [6.07, 6.45) is -4.86. The van der Waals surface area contributed by atoms with Crippen molar-refractivity contribution in [2.24, 2.45) is 11.8 Å². The summed E-state index contributed by atoms with van der Waals surface area (Å²) in [5, 5.41) is 22.6. The molecular formula is C27H24F3N5O6. The molecule has 214 valence electrons. The molecule has 4 atom stereocenters. The van der Waals surface area contributed by atoms with Gasteiger partial charge in [0.05, 0.1) is 57.4 Å². The van der Waals surface area contributed by atoms with E-state index in [4.69, 9.17) is 10.00 Å². The smallest absolute Gasteiger partial charge is 0.365 e. The quantitative estimate of drug-likeness (QED) is 0.317. The van der Waals surface area contributed by atoms with Crippen LogP contribution in [0, 0.1) is 33.3 Å². The topological polar surface area (TPSA) is 146 Å². The van der Waals surface area contributed by atoms with E-state index in [1.54, 1.807) is 18.7 Å². The molecule has 3 fully saturated rings. The lowest BCUT2D eigenvalue weighted by Crippen LogP contribution is -2.59. The Morgan fingerprint density at radius 2 is 1.71 bits per heavy atom. The minimum atomic E-state index is -4.86. The Morgan fingerprint density at radius 3 is 2.22 bits per heavy atom. The zero-order valence-corrected chi connectivity index (χ0v) is 21.9. The third kappa shape index (κ3) is 4.81. The number of morpholine rings is 1. The van der Waals surface area contributed by atoms with E-state index in [-0.39, 0.29) is 43.5 Å². The number of amides is 3. The minimum absolute atomic E-state index is 0.0708. The average molecular weight is 572 g/mol. The van der Waals surface area contributed by atoms with Crippen LogP contribution >= 0.6 is 0 Å². The number of alkyl halides is 3. The fraction of sp³-hybridized carbons (Fsp3) is 0.407. The normalized spacial score (nSPS) is 27.5. The Hall–Kier alpha value is -4.35. The Bertz CT molecular complexity index is 1470. The molecule has 1 unspecified atom stereocenters. The van der Waals surface area contributed by atoms with Crippen LogP contribution in [-0.2, 0) is 31.8 Å². The van der Waals surface area contributed by atoms with Gasteiger partial charge in [-0.15, -0.1) is 0 Å². The predicted octanol–water partition coefficient (Wildman–Crippen LogP) is 2.77. The third-order valence-corrected chi connectivity index (χ3v) is 7.85. The van der Waals surface area contributed by atoms with E-state index >= 15 is 0 Å². The second-order valence-corrected chi connectivity index (χ2v) is 10.9. The van der Waals surface area contributed by atoms with Crippen LogP contribution in [0.1, 0.15) is 30.5 Å². The summed E-state index contributed by atoms with van der Waals surface area (Å²) in [5.74, 6) is -3.73. The van der Waals surface area contributed by atoms with Crippen molar-refractivity contribution in [2.75, 3.05) is 24.5 Å². The van der Waals surface area contributed by atoms with Crippen LogP contribution in [0.25, 0.3) is 0 Å². The maximum Gasteiger partial charge on any atom is 0.417 e. The van der Waals surface area contributed by atoms with Crippen LogP contribution in [0.15, 0.2) is 42.5 Å². The van der Waals surface area contributed by atoms with Gasteiger partial charge in [0.25, 0.3) is 5.69 Å². The SMILES string of the molecule is C[C@]12CN(CC(=O)NCc3ccc([N+](=O)[O-])cc3)C[C@](C)(O1)C1C(=O)N(c3ccc(C#N)c(C(F)(F)F)c3)C(=O)[C@H]12. The van der Waals surface area contributed by atoms with Crippen molar-refractivity contribution in [1.29, 1.82) is 5.26 Å². The molecule has 5 rings (SSSR count). The highest BCUT2D eigenvalue weighted by molar-refractivity contribution is 6.23. The van der Waals surface area contributed by atoms with E-state index in [2.05, 4.69) is 5.32 Å². The molecule has 0 aliphatic carbocycles. The van der Waals surface area contributed by atoms with Gasteiger partial charge < -0.3 is 10.1 Å². The zero-order valence-electron chi connectivity index (χ0n) is 21.9. The number of anilines is 1. The number of hydrogen-bond donors (Lipinski definition) is 1. The summed E-state index contributed by atoms with van der Waals surface area (Å²) in [5.41, 5.74) is -3.94. The Labute approximate surface area is 231 Å². The number of nitriles is 1. The van der Waals surface area contributed by atoms with Crippen molar-refractivity contribution < 1.29 is 37.2 Å². The van der Waals surface area contributed by atoms with Gasteiger partial charge in [-0.3, -0.25) is 29.4 Å². The highest BCUT2D eigenvalue weighted by atomic mass is 19.4. The maximum absolute atomic E-state index is 13.6. The molecule has 3 aliphatic rings. The molecule has 2 bridgehead atoms. The van der Waals surface area contributed by atoms with Gasteiger partial charge >= 0.3 is 6.18 Å². The number of ether oxygens (including phenoxy) is 1. The van der Waals surface area contributed by atoms with E-state index in [0.29, 0.717) is 11.6 Å². The number of halogens is 3. The van der Waals surface area contributed by atoms with E-state index in [1.165, 1.54) is 30.3 Å². The zero-order chi connectivity index (χ0) is 29.9. The van der Waals surface area contributed by atoms with Gasteiger partial charge in [-0.05, 0) is 37.6 Å². The van der Waals surface area contributed by atoms with Crippen LogP contribution < -0.4 is 10.2 Å². The summed E-state index contributed by atoms with van der Waals surface area (Å²) in [4.78, 5) is 52.7. The highest BCUT2D eigenvalue weighted by Crippen LogP contribution is 2.55. The van der Waals surface area contributed by atoms with Crippen molar-refractivity contribution in [3.8, 4) is 6.07 Å². The van der Waals surface area contributed by atoms with Crippen molar-refractivity contribution in [3.05, 3.63) is 69.3 Å². The molecule has 14 heteroatoms. The summed E-state index contributed by atoms with van der Waals surface area (Å²) < 4.78 is 46.9. The number of fused-ring (bicyclic) bond motifs is 5. The van der Waals surface area contributed by atoms with Crippen LogP contribution in [0.5, 0.6) is 0 Å². The molecule has 0 saturated carbocycles. The molecule has 3 saturated heterocycles. The maximum atomic E-state index is 13.6. The predicted molar refractivity (Wildman–Crippen MR) is 135 cm³/mol. The molecule has 11 nitrogen and oxygen atoms in total. The molecule has 0 spiro atoms. The van der Waals surface area contributed by atoms with Gasteiger partial charge in [-0.2, -0.15) is 18.4 Å². The van der Waals surface area contributed by atoms with Crippen molar-refractivity contribution in [3.63, 3.8) is 0 Å². The standard InChI is InChI=1S/C27H24F3N5O6/c1-25-13-33(12-20(36)32-11-15-3-6-17(7-4-15)35(39)40)14-26(2,41-25)22-21(25)23(37)34(24(22)38)18-8-5-16(10-31)19(9-18)27(28,29)30/h3-9,21-22H,11-14H2,1-2H3,(H,32,36)/t21-,22?,25+,26-/m0/s1. The summed E-state index contributed by atoms with van der Waals surface area (Å²) >= 11 is 0. The van der Waals surface area contributed by atoms with Gasteiger partial charge in [0.2, 0.25) is 17.7 Å². The molecule has 2 aromatic rings. The molecule has 3 heterocycles. The summed E-state index contributed by atoms with van der Waals surface area (Å²) in [7, 11) is 0. The van der Waals surface area contributed by atoms with Gasteiger partial charge in [0.15, 0.2) is 0 Å². The molecule has 2 aromatic carbocycles. The van der Waals surface area contributed by atoms with Crippen molar-refractivity contribution in [1.82, 2.24) is 10.2 Å². The number of benzene rings is 2. The van der Waals surface area contributed by atoms with E-state index in [0.717, 1.165) is 17.0 Å². The number of carbonyl (C=O) groups is 3. The van der Waals surface area contributed by atoms with E-state index < -0.39 is 57.1 Å². The van der Waals surface area contributed by atoms with Crippen LogP contribution in [-0.4, -0.2) is 58.4 Å². The molecule has 1 N–H and O–H groups in total. The Balaban J connectivity index is 1.31. The Kier molecular flexibility index (Phi) is 6.62. The Morgan fingerprint density at radius 1 is 1.12 bits per heavy atom. The van der Waals surface area contributed by atoms with E-state index in [9.17, 15) is 37.7 Å². The number of imide groups is 1. The summed E-state index contributed by atoms with van der Waals surface area (Å²) in [6, 6.07) is 9.93. The number of carbonyl (C=O) groups excluding carboxylic acids is 3. The number of nitrogens with one attached hydrogen (secondary N) is 1. The lowest BCUT2D eigenvalue weighted by molar-refractivity contribution is -0.384. The lowest BCUT2D eigenvalue weighted by Gasteiger charge is -2.44. The van der Waals surface area contributed by atoms with Gasteiger partial charge in [0.1, 0.15) is 0 Å². The molecular weight excluding hydrogens is 547 g/mol. The van der Waals surface area contributed by atoms with Gasteiger partial charge in [-0.1, -0.05) is 12.1 Å². The van der Waals surface area contributed by atoms with Crippen LogP contribution in [0.2, 0.25) is 0 Å².